The molecule has 0 spiro atoms. The van der Waals surface area contributed by atoms with E-state index in [0.717, 1.165) is 11.3 Å². The summed E-state index contributed by atoms with van der Waals surface area (Å²) in [6, 6.07) is 9.94. The van der Waals surface area contributed by atoms with E-state index in [1.54, 1.807) is 6.20 Å². The molecule has 5 heteroatoms. The SMILES string of the molecule is Nc1cc2ccccc2[nH]1.Nc1nccs1. The van der Waals surface area contributed by atoms with Gasteiger partial charge in [0.1, 0.15) is 5.82 Å². The van der Waals surface area contributed by atoms with Crippen molar-refractivity contribution >= 4 is 33.2 Å². The van der Waals surface area contributed by atoms with Crippen LogP contribution in [0.1, 0.15) is 0 Å². The molecule has 0 unspecified atom stereocenters. The third kappa shape index (κ3) is 2.52. The van der Waals surface area contributed by atoms with Crippen LogP contribution < -0.4 is 11.5 Å². The van der Waals surface area contributed by atoms with E-state index < -0.39 is 0 Å². The fraction of sp³-hybridized carbons (Fsp3) is 0. The van der Waals surface area contributed by atoms with Crippen molar-refractivity contribution in [3.63, 3.8) is 0 Å². The number of nitrogens with two attached hydrogens (primary N) is 2. The van der Waals surface area contributed by atoms with Crippen LogP contribution in [0.2, 0.25) is 0 Å². The molecule has 16 heavy (non-hydrogen) atoms. The van der Waals surface area contributed by atoms with Gasteiger partial charge in [0.2, 0.25) is 0 Å². The van der Waals surface area contributed by atoms with Crippen LogP contribution in [0.15, 0.2) is 41.9 Å². The van der Waals surface area contributed by atoms with E-state index in [-0.39, 0.29) is 0 Å². The zero-order valence-electron chi connectivity index (χ0n) is 8.55. The summed E-state index contributed by atoms with van der Waals surface area (Å²) in [7, 11) is 0. The van der Waals surface area contributed by atoms with Crippen LogP contribution in [-0.4, -0.2) is 9.97 Å². The first-order valence-electron chi connectivity index (χ1n) is 4.74. The van der Waals surface area contributed by atoms with Gasteiger partial charge in [0.25, 0.3) is 0 Å². The van der Waals surface area contributed by atoms with Gasteiger partial charge in [0.05, 0.1) is 0 Å². The fourth-order valence-electron chi connectivity index (χ4n) is 1.33. The molecular formula is C11H12N4S. The summed E-state index contributed by atoms with van der Waals surface area (Å²) in [6.45, 7) is 0. The van der Waals surface area contributed by atoms with E-state index in [9.17, 15) is 0 Å². The lowest BCUT2D eigenvalue weighted by atomic mass is 10.3. The molecule has 0 aliphatic heterocycles. The first-order chi connectivity index (χ1) is 7.75. The number of aromatic nitrogens is 2. The summed E-state index contributed by atoms with van der Waals surface area (Å²) in [5.41, 5.74) is 11.8. The number of H-pyrrole nitrogens is 1. The molecule has 0 saturated carbocycles. The number of hydrogen-bond acceptors (Lipinski definition) is 4. The van der Waals surface area contributed by atoms with Crippen LogP contribution in [0.5, 0.6) is 0 Å². The van der Waals surface area contributed by atoms with Gasteiger partial charge in [0, 0.05) is 22.5 Å². The number of nitrogens with one attached hydrogen (secondary N) is 1. The Labute approximate surface area is 96.9 Å². The van der Waals surface area contributed by atoms with E-state index in [0.29, 0.717) is 5.13 Å². The Morgan fingerprint density at radius 3 is 2.56 bits per heavy atom. The molecule has 82 valence electrons. The monoisotopic (exact) mass is 232 g/mol. The highest BCUT2D eigenvalue weighted by Gasteiger charge is 1.92. The molecule has 0 fully saturated rings. The van der Waals surface area contributed by atoms with Gasteiger partial charge in [-0.3, -0.25) is 0 Å². The average molecular weight is 232 g/mol. The third-order valence-corrected chi connectivity index (χ3v) is 2.61. The van der Waals surface area contributed by atoms with Crippen LogP contribution in [0.4, 0.5) is 10.9 Å². The molecule has 5 N–H and O–H groups in total. The van der Waals surface area contributed by atoms with Crippen molar-refractivity contribution in [3.8, 4) is 0 Å². The van der Waals surface area contributed by atoms with Crippen molar-refractivity contribution in [2.45, 2.75) is 0 Å². The lowest BCUT2D eigenvalue weighted by molar-refractivity contribution is 1.43. The van der Waals surface area contributed by atoms with E-state index in [4.69, 9.17) is 11.5 Å². The van der Waals surface area contributed by atoms with Crippen LogP contribution in [0, 0.1) is 0 Å². The Morgan fingerprint density at radius 1 is 1.19 bits per heavy atom. The zero-order chi connectivity index (χ0) is 11.4. The average Bonchev–Trinajstić information content (AvgIpc) is 2.86. The lowest BCUT2D eigenvalue weighted by Crippen LogP contribution is -1.80. The van der Waals surface area contributed by atoms with Gasteiger partial charge >= 0.3 is 0 Å². The highest BCUT2D eigenvalue weighted by Crippen LogP contribution is 2.14. The van der Waals surface area contributed by atoms with Crippen molar-refractivity contribution < 1.29 is 0 Å². The van der Waals surface area contributed by atoms with Crippen molar-refractivity contribution in [1.82, 2.24) is 9.97 Å². The molecule has 0 saturated heterocycles. The minimum absolute atomic E-state index is 0.634. The summed E-state index contributed by atoms with van der Waals surface area (Å²) in [5, 5.41) is 3.64. The molecule has 0 aliphatic carbocycles. The van der Waals surface area contributed by atoms with Crippen molar-refractivity contribution in [2.24, 2.45) is 0 Å². The van der Waals surface area contributed by atoms with E-state index in [1.165, 1.54) is 16.7 Å². The Hall–Kier alpha value is -2.01. The highest BCUT2D eigenvalue weighted by molar-refractivity contribution is 7.13. The molecule has 0 atom stereocenters. The molecule has 3 aromatic rings. The number of fused-ring (bicyclic) bond motifs is 1. The fourth-order valence-corrected chi connectivity index (χ4v) is 1.71. The highest BCUT2D eigenvalue weighted by atomic mass is 32.1. The molecule has 0 aliphatic rings. The summed E-state index contributed by atoms with van der Waals surface area (Å²) in [6.07, 6.45) is 1.68. The second-order valence-electron chi connectivity index (χ2n) is 3.18. The minimum Gasteiger partial charge on any atom is -0.385 e. The Kier molecular flexibility index (Phi) is 3.07. The summed E-state index contributed by atoms with van der Waals surface area (Å²) >= 11 is 1.44. The molecule has 0 amide bonds. The number of nitrogen functional groups attached to an aromatic ring is 2. The van der Waals surface area contributed by atoms with Crippen LogP contribution >= 0.6 is 11.3 Å². The summed E-state index contributed by atoms with van der Waals surface area (Å²) in [5.74, 6) is 0.723. The van der Waals surface area contributed by atoms with Gasteiger partial charge in [0.15, 0.2) is 5.13 Å². The van der Waals surface area contributed by atoms with E-state index in [2.05, 4.69) is 9.97 Å². The molecule has 0 radical (unpaired) electrons. The molecular weight excluding hydrogens is 220 g/mol. The quantitative estimate of drug-likeness (QED) is 0.557. The number of aromatic amines is 1. The predicted molar refractivity (Wildman–Crippen MR) is 69.2 cm³/mol. The van der Waals surface area contributed by atoms with Gasteiger partial charge in [-0.2, -0.15) is 0 Å². The summed E-state index contributed by atoms with van der Waals surface area (Å²) < 4.78 is 0. The number of thiazole rings is 1. The molecule has 4 nitrogen and oxygen atoms in total. The number of hydrogen-bond donors (Lipinski definition) is 3. The number of anilines is 2. The number of nitrogens with zero attached hydrogens (tertiary/aromatic N) is 1. The minimum atomic E-state index is 0.634. The lowest BCUT2D eigenvalue weighted by Gasteiger charge is -1.83. The number of rotatable bonds is 0. The maximum atomic E-state index is 5.54. The first kappa shape index (κ1) is 10.5. The summed E-state index contributed by atoms with van der Waals surface area (Å²) in [4.78, 5) is 6.75. The Bertz CT molecular complexity index is 523. The third-order valence-electron chi connectivity index (χ3n) is 2.00. The van der Waals surface area contributed by atoms with E-state index in [1.807, 2.05) is 35.7 Å². The predicted octanol–water partition coefficient (Wildman–Crippen LogP) is 2.48. The molecule has 1 aromatic carbocycles. The second-order valence-corrected chi connectivity index (χ2v) is 4.11. The smallest absolute Gasteiger partial charge is 0.179 e. The van der Waals surface area contributed by atoms with Crippen molar-refractivity contribution in [1.29, 1.82) is 0 Å². The number of para-hydroxylation sites is 1. The topological polar surface area (TPSA) is 80.7 Å². The molecule has 0 bridgehead atoms. The molecule has 2 aromatic heterocycles. The number of benzene rings is 1. The van der Waals surface area contributed by atoms with Gasteiger partial charge in [-0.05, 0) is 12.1 Å². The molecule has 3 rings (SSSR count). The Morgan fingerprint density at radius 2 is 2.00 bits per heavy atom. The van der Waals surface area contributed by atoms with Gasteiger partial charge in [-0.25, -0.2) is 4.98 Å². The van der Waals surface area contributed by atoms with Gasteiger partial charge in [-0.1, -0.05) is 18.2 Å². The zero-order valence-corrected chi connectivity index (χ0v) is 9.37. The standard InChI is InChI=1S/C8H8N2.C3H4N2S/c9-8-5-6-3-1-2-4-7(6)10-8;4-3-5-1-2-6-3/h1-5,10H,9H2;1-2H,(H2,4,5). The second kappa shape index (κ2) is 4.67. The van der Waals surface area contributed by atoms with Crippen molar-refractivity contribution in [2.75, 3.05) is 11.5 Å². The van der Waals surface area contributed by atoms with Crippen LogP contribution in [-0.2, 0) is 0 Å². The van der Waals surface area contributed by atoms with Crippen LogP contribution in [0.25, 0.3) is 10.9 Å². The van der Waals surface area contributed by atoms with Crippen molar-refractivity contribution in [3.05, 3.63) is 41.9 Å². The normalized spacial score (nSPS) is 9.75. The maximum absolute atomic E-state index is 5.54. The van der Waals surface area contributed by atoms with Crippen LogP contribution in [0.3, 0.4) is 0 Å². The Balaban J connectivity index is 0.000000138. The van der Waals surface area contributed by atoms with Gasteiger partial charge < -0.3 is 16.5 Å². The molecule has 2 heterocycles. The van der Waals surface area contributed by atoms with E-state index >= 15 is 0 Å². The van der Waals surface area contributed by atoms with Gasteiger partial charge in [-0.15, -0.1) is 11.3 Å². The first-order valence-corrected chi connectivity index (χ1v) is 5.62. The maximum Gasteiger partial charge on any atom is 0.179 e. The largest absolute Gasteiger partial charge is 0.385 e.